The summed E-state index contributed by atoms with van der Waals surface area (Å²) >= 11 is 1.75. The zero-order valence-corrected chi connectivity index (χ0v) is 9.34. The quantitative estimate of drug-likeness (QED) is 0.830. The number of nitrogens with one attached hydrogen (secondary N) is 2. The third kappa shape index (κ3) is 2.70. The summed E-state index contributed by atoms with van der Waals surface area (Å²) < 4.78 is 0. The first-order valence-electron chi connectivity index (χ1n) is 4.77. The maximum atomic E-state index is 4.13. The molecular weight excluding hydrogens is 206 g/mol. The Kier molecular flexibility index (Phi) is 3.19. The van der Waals surface area contributed by atoms with Gasteiger partial charge < -0.3 is 10.6 Å². The molecule has 0 aliphatic carbocycles. The zero-order chi connectivity index (χ0) is 10.5. The Morgan fingerprint density at radius 3 is 2.93 bits per heavy atom. The molecule has 2 rings (SSSR count). The Balaban J connectivity index is 1.98. The first-order chi connectivity index (χ1) is 7.38. The van der Waals surface area contributed by atoms with E-state index in [-0.39, 0.29) is 0 Å². The van der Waals surface area contributed by atoms with Crippen molar-refractivity contribution in [3.8, 4) is 0 Å². The van der Waals surface area contributed by atoms with Gasteiger partial charge in [0.1, 0.15) is 0 Å². The van der Waals surface area contributed by atoms with Crippen LogP contribution in [0.1, 0.15) is 4.88 Å². The van der Waals surface area contributed by atoms with Gasteiger partial charge in [-0.1, -0.05) is 6.07 Å². The van der Waals surface area contributed by atoms with Crippen LogP contribution in [0, 0.1) is 0 Å². The van der Waals surface area contributed by atoms with Crippen molar-refractivity contribution in [1.82, 2.24) is 4.98 Å². The van der Waals surface area contributed by atoms with Crippen LogP contribution >= 0.6 is 11.3 Å². The van der Waals surface area contributed by atoms with Crippen molar-refractivity contribution in [2.45, 2.75) is 6.54 Å². The van der Waals surface area contributed by atoms with Crippen molar-refractivity contribution >= 4 is 22.7 Å². The minimum absolute atomic E-state index is 0.854. The van der Waals surface area contributed by atoms with Gasteiger partial charge in [0.25, 0.3) is 0 Å². The predicted molar refractivity (Wildman–Crippen MR) is 65.4 cm³/mol. The average Bonchev–Trinajstić information content (AvgIpc) is 2.79. The van der Waals surface area contributed by atoms with E-state index in [1.807, 2.05) is 19.3 Å². The highest BCUT2D eigenvalue weighted by atomic mass is 32.1. The second kappa shape index (κ2) is 4.79. The normalized spacial score (nSPS) is 9.93. The molecule has 0 saturated carbocycles. The molecule has 0 aliphatic rings. The van der Waals surface area contributed by atoms with Gasteiger partial charge in [0.15, 0.2) is 0 Å². The van der Waals surface area contributed by atoms with Crippen LogP contribution in [0.4, 0.5) is 11.4 Å². The maximum absolute atomic E-state index is 4.13. The van der Waals surface area contributed by atoms with Gasteiger partial charge >= 0.3 is 0 Å². The van der Waals surface area contributed by atoms with Crippen LogP contribution in [0.5, 0.6) is 0 Å². The van der Waals surface area contributed by atoms with Gasteiger partial charge in [-0.2, -0.15) is 0 Å². The summed E-state index contributed by atoms with van der Waals surface area (Å²) in [5, 5.41) is 8.47. The van der Waals surface area contributed by atoms with Crippen LogP contribution in [-0.4, -0.2) is 12.0 Å². The summed E-state index contributed by atoms with van der Waals surface area (Å²) in [5.41, 5.74) is 2.06. The Bertz CT molecular complexity index is 412. The molecular formula is C11H13N3S. The van der Waals surface area contributed by atoms with Crippen molar-refractivity contribution in [2.75, 3.05) is 17.7 Å². The molecule has 4 heteroatoms. The summed E-state index contributed by atoms with van der Waals surface area (Å²) in [6, 6.07) is 6.22. The third-order valence-electron chi connectivity index (χ3n) is 2.07. The Labute approximate surface area is 93.2 Å². The van der Waals surface area contributed by atoms with Crippen molar-refractivity contribution in [2.24, 2.45) is 0 Å². The number of nitrogens with zero attached hydrogens (tertiary/aromatic N) is 1. The first kappa shape index (κ1) is 9.98. The number of hydrogen-bond donors (Lipinski definition) is 2. The lowest BCUT2D eigenvalue weighted by Gasteiger charge is -2.06. The van der Waals surface area contributed by atoms with E-state index in [2.05, 4.69) is 33.1 Å². The highest BCUT2D eigenvalue weighted by molar-refractivity contribution is 7.09. The highest BCUT2D eigenvalue weighted by Crippen LogP contribution is 2.15. The number of aromatic nitrogens is 1. The fourth-order valence-corrected chi connectivity index (χ4v) is 1.92. The minimum Gasteiger partial charge on any atom is -0.387 e. The lowest BCUT2D eigenvalue weighted by atomic mass is 10.3. The largest absolute Gasteiger partial charge is 0.387 e. The number of rotatable bonds is 4. The molecule has 3 nitrogen and oxygen atoms in total. The van der Waals surface area contributed by atoms with E-state index in [9.17, 15) is 0 Å². The SMILES string of the molecule is CNc1cncc(NCc2cccs2)c1. The molecule has 0 saturated heterocycles. The van der Waals surface area contributed by atoms with E-state index >= 15 is 0 Å². The predicted octanol–water partition coefficient (Wildman–Crippen LogP) is 2.80. The molecule has 0 atom stereocenters. The molecule has 0 radical (unpaired) electrons. The molecule has 2 heterocycles. The first-order valence-corrected chi connectivity index (χ1v) is 5.65. The minimum atomic E-state index is 0.854. The molecule has 15 heavy (non-hydrogen) atoms. The van der Waals surface area contributed by atoms with E-state index in [4.69, 9.17) is 0 Å². The molecule has 0 unspecified atom stereocenters. The van der Waals surface area contributed by atoms with Gasteiger partial charge in [-0.3, -0.25) is 4.98 Å². The van der Waals surface area contributed by atoms with Crippen molar-refractivity contribution in [3.05, 3.63) is 40.8 Å². The van der Waals surface area contributed by atoms with Crippen LogP contribution in [0.3, 0.4) is 0 Å². The fourth-order valence-electron chi connectivity index (χ4n) is 1.28. The molecule has 2 aromatic rings. The Morgan fingerprint density at radius 2 is 2.20 bits per heavy atom. The van der Waals surface area contributed by atoms with Crippen LogP contribution in [0.25, 0.3) is 0 Å². The van der Waals surface area contributed by atoms with Crippen LogP contribution in [0.15, 0.2) is 36.0 Å². The molecule has 0 spiro atoms. The molecule has 0 amide bonds. The van der Waals surface area contributed by atoms with Gasteiger partial charge in [0, 0.05) is 18.5 Å². The van der Waals surface area contributed by atoms with Gasteiger partial charge in [-0.05, 0) is 17.5 Å². The second-order valence-electron chi connectivity index (χ2n) is 3.15. The standard InChI is InChI=1S/C11H13N3S/c1-12-9-5-10(7-13-6-9)14-8-11-3-2-4-15-11/h2-7,12,14H,8H2,1H3. The molecule has 0 bridgehead atoms. The summed E-state index contributed by atoms with van der Waals surface area (Å²) in [4.78, 5) is 5.46. The molecule has 0 fully saturated rings. The van der Waals surface area contributed by atoms with E-state index in [1.54, 1.807) is 17.5 Å². The van der Waals surface area contributed by atoms with Gasteiger partial charge in [0.2, 0.25) is 0 Å². The summed E-state index contributed by atoms with van der Waals surface area (Å²) in [7, 11) is 1.89. The van der Waals surface area contributed by atoms with E-state index in [1.165, 1.54) is 4.88 Å². The smallest absolute Gasteiger partial charge is 0.0550 e. The van der Waals surface area contributed by atoms with Crippen LogP contribution < -0.4 is 10.6 Å². The Morgan fingerprint density at radius 1 is 1.33 bits per heavy atom. The lowest BCUT2D eigenvalue weighted by Crippen LogP contribution is -1.99. The van der Waals surface area contributed by atoms with Crippen molar-refractivity contribution in [1.29, 1.82) is 0 Å². The second-order valence-corrected chi connectivity index (χ2v) is 4.18. The lowest BCUT2D eigenvalue weighted by molar-refractivity contribution is 1.17. The molecule has 0 aliphatic heterocycles. The summed E-state index contributed by atoms with van der Waals surface area (Å²) in [5.74, 6) is 0. The van der Waals surface area contributed by atoms with Crippen molar-refractivity contribution < 1.29 is 0 Å². The number of hydrogen-bond acceptors (Lipinski definition) is 4. The van der Waals surface area contributed by atoms with E-state index < -0.39 is 0 Å². The molecule has 2 aromatic heterocycles. The summed E-state index contributed by atoms with van der Waals surface area (Å²) in [6.07, 6.45) is 3.63. The van der Waals surface area contributed by atoms with Crippen LogP contribution in [0.2, 0.25) is 0 Å². The monoisotopic (exact) mass is 219 g/mol. The highest BCUT2D eigenvalue weighted by Gasteiger charge is 1.96. The number of thiophene rings is 1. The van der Waals surface area contributed by atoms with E-state index in [0.717, 1.165) is 17.9 Å². The average molecular weight is 219 g/mol. The zero-order valence-electron chi connectivity index (χ0n) is 8.53. The number of pyridine rings is 1. The maximum Gasteiger partial charge on any atom is 0.0550 e. The Hall–Kier alpha value is -1.55. The van der Waals surface area contributed by atoms with Crippen molar-refractivity contribution in [3.63, 3.8) is 0 Å². The van der Waals surface area contributed by atoms with E-state index in [0.29, 0.717) is 0 Å². The summed E-state index contributed by atoms with van der Waals surface area (Å²) in [6.45, 7) is 0.854. The molecule has 0 aromatic carbocycles. The molecule has 2 N–H and O–H groups in total. The van der Waals surface area contributed by atoms with Gasteiger partial charge in [-0.15, -0.1) is 11.3 Å². The van der Waals surface area contributed by atoms with Crippen LogP contribution in [-0.2, 0) is 6.54 Å². The fraction of sp³-hybridized carbons (Fsp3) is 0.182. The molecule has 78 valence electrons. The van der Waals surface area contributed by atoms with Gasteiger partial charge in [0.05, 0.1) is 23.8 Å². The third-order valence-corrected chi connectivity index (χ3v) is 2.95. The number of anilines is 2. The van der Waals surface area contributed by atoms with Gasteiger partial charge in [-0.25, -0.2) is 0 Å². The topological polar surface area (TPSA) is 37.0 Å².